The average molecular weight is 482 g/mol. The van der Waals surface area contributed by atoms with Crippen molar-refractivity contribution in [1.82, 2.24) is 0 Å². The second-order valence-electron chi connectivity index (χ2n) is 9.03. The van der Waals surface area contributed by atoms with E-state index < -0.39 is 17.8 Å². The van der Waals surface area contributed by atoms with E-state index in [9.17, 15) is 19.5 Å². The number of carboxylic acid groups (broad SMARTS) is 1. The van der Waals surface area contributed by atoms with Crippen LogP contribution in [0.5, 0.6) is 0 Å². The SMILES string of the molecule is O=C(O)c1cc(N2C(=O)[C@@H]3[C@@H](C2=O)[C@H]2C=C[C@@H]3C2=C(c2ccccc2)c2ccccc2)ccc1Cl. The maximum atomic E-state index is 13.7. The van der Waals surface area contributed by atoms with E-state index in [4.69, 9.17) is 11.6 Å². The van der Waals surface area contributed by atoms with Crippen LogP contribution in [0.1, 0.15) is 21.5 Å². The van der Waals surface area contributed by atoms with E-state index in [2.05, 4.69) is 24.3 Å². The number of hydrogen-bond donors (Lipinski definition) is 1. The van der Waals surface area contributed by atoms with Gasteiger partial charge in [-0.1, -0.05) is 84.4 Å². The first-order valence-corrected chi connectivity index (χ1v) is 11.8. The van der Waals surface area contributed by atoms with Crippen LogP contribution in [0.4, 0.5) is 5.69 Å². The molecule has 3 aliphatic rings. The number of carbonyl (C=O) groups is 3. The molecule has 2 amide bonds. The molecule has 3 aromatic rings. The summed E-state index contributed by atoms with van der Waals surface area (Å²) in [5.74, 6) is -3.24. The summed E-state index contributed by atoms with van der Waals surface area (Å²) < 4.78 is 0. The van der Waals surface area contributed by atoms with Gasteiger partial charge in [-0.3, -0.25) is 9.59 Å². The minimum atomic E-state index is -1.21. The van der Waals surface area contributed by atoms with Crippen LogP contribution in [0, 0.1) is 23.7 Å². The maximum absolute atomic E-state index is 13.7. The van der Waals surface area contributed by atoms with Gasteiger partial charge >= 0.3 is 5.97 Å². The third-order valence-corrected chi connectivity index (χ3v) is 7.60. The standard InChI is InChI=1S/C29H20ClNO4/c30-22-14-11-18(15-21(22)29(34)35)31-27(32)25-19-12-13-20(26(25)28(31)33)24(19)23(16-7-3-1-4-8-16)17-9-5-2-6-10-17/h1-15,19-20,25-26H,(H,34,35)/t19-,20+,25-,26-/m0/s1. The molecule has 0 spiro atoms. The van der Waals surface area contributed by atoms with E-state index in [1.807, 2.05) is 48.6 Å². The molecule has 2 bridgehead atoms. The van der Waals surface area contributed by atoms with E-state index in [0.717, 1.165) is 27.2 Å². The summed E-state index contributed by atoms with van der Waals surface area (Å²) >= 11 is 6.01. The van der Waals surface area contributed by atoms with Crippen LogP contribution in [-0.4, -0.2) is 22.9 Å². The first-order valence-electron chi connectivity index (χ1n) is 11.4. The Morgan fingerprint density at radius 3 is 1.77 bits per heavy atom. The smallest absolute Gasteiger partial charge is 0.337 e. The van der Waals surface area contributed by atoms with Gasteiger partial charge in [-0.25, -0.2) is 9.69 Å². The van der Waals surface area contributed by atoms with Crippen molar-refractivity contribution in [2.75, 3.05) is 4.90 Å². The van der Waals surface area contributed by atoms with Crippen molar-refractivity contribution < 1.29 is 19.5 Å². The van der Waals surface area contributed by atoms with E-state index >= 15 is 0 Å². The molecule has 1 N–H and O–H groups in total. The third kappa shape index (κ3) is 3.19. The minimum Gasteiger partial charge on any atom is -0.478 e. The van der Waals surface area contributed by atoms with Gasteiger partial charge in [0.05, 0.1) is 28.1 Å². The normalized spacial score (nSPS) is 24.3. The first kappa shape index (κ1) is 21.6. The third-order valence-electron chi connectivity index (χ3n) is 7.27. The Bertz CT molecular complexity index is 1370. The molecular formula is C29H20ClNO4. The largest absolute Gasteiger partial charge is 0.478 e. The van der Waals surface area contributed by atoms with Crippen molar-refractivity contribution in [2.24, 2.45) is 23.7 Å². The van der Waals surface area contributed by atoms with Crippen LogP contribution < -0.4 is 4.90 Å². The highest BCUT2D eigenvalue weighted by Crippen LogP contribution is 2.58. The van der Waals surface area contributed by atoms with E-state index in [-0.39, 0.29) is 39.9 Å². The summed E-state index contributed by atoms with van der Waals surface area (Å²) in [6.07, 6.45) is 4.10. The zero-order chi connectivity index (χ0) is 24.3. The highest BCUT2D eigenvalue weighted by molar-refractivity contribution is 6.34. The Morgan fingerprint density at radius 2 is 1.29 bits per heavy atom. The molecule has 5 nitrogen and oxygen atoms in total. The second-order valence-corrected chi connectivity index (χ2v) is 9.44. The lowest BCUT2D eigenvalue weighted by molar-refractivity contribution is -0.122. The number of hydrogen-bond acceptors (Lipinski definition) is 3. The van der Waals surface area contributed by atoms with Crippen molar-refractivity contribution in [3.05, 3.63) is 118 Å². The summed E-state index contributed by atoms with van der Waals surface area (Å²) in [7, 11) is 0. The lowest BCUT2D eigenvalue weighted by Gasteiger charge is -2.22. The Labute approximate surface area is 207 Å². The van der Waals surface area contributed by atoms with Gasteiger partial charge in [-0.15, -0.1) is 0 Å². The van der Waals surface area contributed by atoms with Gasteiger partial charge in [0.1, 0.15) is 0 Å². The first-order chi connectivity index (χ1) is 17.0. The van der Waals surface area contributed by atoms with Crippen LogP contribution in [0.2, 0.25) is 5.02 Å². The van der Waals surface area contributed by atoms with Crippen LogP contribution in [0.3, 0.4) is 0 Å². The molecular weight excluding hydrogens is 462 g/mol. The fraction of sp³-hybridized carbons (Fsp3) is 0.138. The average Bonchev–Trinajstić information content (AvgIpc) is 3.50. The fourth-order valence-electron chi connectivity index (χ4n) is 5.88. The topological polar surface area (TPSA) is 74.7 Å². The van der Waals surface area contributed by atoms with Crippen molar-refractivity contribution in [2.45, 2.75) is 0 Å². The lowest BCUT2D eigenvalue weighted by Crippen LogP contribution is -2.33. The van der Waals surface area contributed by atoms with Gasteiger partial charge in [0, 0.05) is 11.8 Å². The Kier molecular flexibility index (Phi) is 4.97. The van der Waals surface area contributed by atoms with Crippen LogP contribution >= 0.6 is 11.6 Å². The van der Waals surface area contributed by atoms with Crippen LogP contribution in [0.15, 0.2) is 96.6 Å². The number of allylic oxidation sites excluding steroid dienone is 3. The quantitative estimate of drug-likeness (QED) is 0.396. The summed E-state index contributed by atoms with van der Waals surface area (Å²) in [6, 6.07) is 24.3. The zero-order valence-corrected chi connectivity index (χ0v) is 19.2. The Hall–Kier alpha value is -3.96. The van der Waals surface area contributed by atoms with Gasteiger partial charge in [0.2, 0.25) is 11.8 Å². The van der Waals surface area contributed by atoms with E-state index in [1.165, 1.54) is 18.2 Å². The number of amides is 2. The van der Waals surface area contributed by atoms with Crippen molar-refractivity contribution >= 4 is 40.6 Å². The predicted molar refractivity (Wildman–Crippen MR) is 133 cm³/mol. The highest BCUT2D eigenvalue weighted by Gasteiger charge is 2.62. The Morgan fingerprint density at radius 1 is 0.771 bits per heavy atom. The predicted octanol–water partition coefficient (Wildman–Crippen LogP) is 5.46. The number of imide groups is 1. The zero-order valence-electron chi connectivity index (χ0n) is 18.5. The fourth-order valence-corrected chi connectivity index (χ4v) is 6.08. The van der Waals surface area contributed by atoms with Gasteiger partial charge in [-0.2, -0.15) is 0 Å². The van der Waals surface area contributed by atoms with Crippen LogP contribution in [0.25, 0.3) is 5.57 Å². The summed E-state index contributed by atoms with van der Waals surface area (Å²) in [6.45, 7) is 0. The van der Waals surface area contributed by atoms with Crippen molar-refractivity contribution in [3.63, 3.8) is 0 Å². The minimum absolute atomic E-state index is 0.0582. The molecule has 1 aliphatic heterocycles. The van der Waals surface area contributed by atoms with Crippen molar-refractivity contribution in [1.29, 1.82) is 0 Å². The molecule has 0 radical (unpaired) electrons. The molecule has 4 atom stereocenters. The molecule has 1 saturated heterocycles. The lowest BCUT2D eigenvalue weighted by atomic mass is 9.85. The summed E-state index contributed by atoms with van der Waals surface area (Å²) in [5.41, 5.74) is 4.36. The number of carbonyl (C=O) groups excluding carboxylic acids is 2. The molecule has 0 aromatic heterocycles. The molecule has 35 heavy (non-hydrogen) atoms. The van der Waals surface area contributed by atoms with Gasteiger partial charge < -0.3 is 5.11 Å². The number of carboxylic acids is 1. The number of anilines is 1. The van der Waals surface area contributed by atoms with Gasteiger partial charge in [0.15, 0.2) is 0 Å². The molecule has 6 rings (SSSR count). The molecule has 3 aromatic carbocycles. The number of halogens is 1. The molecule has 172 valence electrons. The maximum Gasteiger partial charge on any atom is 0.337 e. The molecule has 6 heteroatoms. The molecule has 0 unspecified atom stereocenters. The Balaban J connectivity index is 1.46. The van der Waals surface area contributed by atoms with E-state index in [0.29, 0.717) is 0 Å². The number of nitrogens with zero attached hydrogens (tertiary/aromatic N) is 1. The molecule has 2 aliphatic carbocycles. The molecule has 1 heterocycles. The number of rotatable bonds is 4. The van der Waals surface area contributed by atoms with Gasteiger partial charge in [0.25, 0.3) is 0 Å². The summed E-state index contributed by atoms with van der Waals surface area (Å²) in [5, 5.41) is 9.50. The number of aromatic carboxylic acids is 1. The van der Waals surface area contributed by atoms with E-state index in [1.54, 1.807) is 0 Å². The van der Waals surface area contributed by atoms with Crippen LogP contribution in [-0.2, 0) is 9.59 Å². The van der Waals surface area contributed by atoms with Crippen molar-refractivity contribution in [3.8, 4) is 0 Å². The number of benzene rings is 3. The summed E-state index contributed by atoms with van der Waals surface area (Å²) in [4.78, 5) is 40.0. The number of fused-ring (bicyclic) bond motifs is 5. The molecule has 1 saturated carbocycles. The monoisotopic (exact) mass is 481 g/mol. The molecule has 2 fully saturated rings. The second kappa shape index (κ2) is 8.07. The highest BCUT2D eigenvalue weighted by atomic mass is 35.5. The van der Waals surface area contributed by atoms with Gasteiger partial charge in [-0.05, 0) is 40.5 Å².